The summed E-state index contributed by atoms with van der Waals surface area (Å²) in [5.41, 5.74) is 3.59. The van der Waals surface area contributed by atoms with Crippen LogP contribution in [0.25, 0.3) is 0 Å². The van der Waals surface area contributed by atoms with Crippen molar-refractivity contribution in [3.8, 4) is 0 Å². The molecule has 132 valence electrons. The van der Waals surface area contributed by atoms with Crippen LogP contribution in [0.2, 0.25) is 0 Å². The van der Waals surface area contributed by atoms with Gasteiger partial charge in [0.1, 0.15) is 6.54 Å². The summed E-state index contributed by atoms with van der Waals surface area (Å²) in [6, 6.07) is 8.34. The van der Waals surface area contributed by atoms with Gasteiger partial charge >= 0.3 is 0 Å². The number of hydrogen-bond acceptors (Lipinski definition) is 3. The van der Waals surface area contributed by atoms with Gasteiger partial charge in [-0.3, -0.25) is 0 Å². The summed E-state index contributed by atoms with van der Waals surface area (Å²) in [7, 11) is -4.13. The Morgan fingerprint density at radius 2 is 1.88 bits per heavy atom. The minimum absolute atomic E-state index is 0.0907. The van der Waals surface area contributed by atoms with Gasteiger partial charge in [0.2, 0.25) is 5.69 Å². The Bertz CT molecular complexity index is 759. The zero-order valence-electron chi connectivity index (χ0n) is 15.0. The van der Waals surface area contributed by atoms with E-state index in [9.17, 15) is 13.0 Å². The summed E-state index contributed by atoms with van der Waals surface area (Å²) < 4.78 is 34.6. The molecule has 1 aliphatic rings. The second-order valence-corrected chi connectivity index (χ2v) is 8.77. The number of allylic oxidation sites excluding steroid dienone is 2. The minimum Gasteiger partial charge on any atom is -0.748 e. The predicted octanol–water partition coefficient (Wildman–Crippen LogP) is 3.60. The summed E-state index contributed by atoms with van der Waals surface area (Å²) in [6.07, 6.45) is 5.45. The highest BCUT2D eigenvalue weighted by atomic mass is 32.2. The molecule has 0 saturated heterocycles. The molecule has 0 saturated carbocycles. The second-order valence-electron chi connectivity index (χ2n) is 7.25. The Morgan fingerprint density at radius 1 is 1.21 bits per heavy atom. The Labute approximate surface area is 145 Å². The van der Waals surface area contributed by atoms with Crippen molar-refractivity contribution in [2.24, 2.45) is 5.92 Å². The van der Waals surface area contributed by atoms with E-state index in [1.807, 2.05) is 6.07 Å². The fourth-order valence-electron chi connectivity index (χ4n) is 3.21. The number of unbranched alkanes of at least 4 members (excludes halogenated alkanes) is 1. The van der Waals surface area contributed by atoms with E-state index in [0.717, 1.165) is 0 Å². The zero-order chi connectivity index (χ0) is 18.0. The van der Waals surface area contributed by atoms with Gasteiger partial charge in [-0.15, -0.1) is 0 Å². The van der Waals surface area contributed by atoms with Gasteiger partial charge in [0.05, 0.1) is 15.5 Å². The SMILES string of the molecule is CC(C)/C=C/C1=[N+](CCCCS(=O)(=O)[O-])c2ccccc2C1(C)C. The van der Waals surface area contributed by atoms with Crippen molar-refractivity contribution >= 4 is 21.5 Å². The highest BCUT2D eigenvalue weighted by Gasteiger charge is 2.43. The van der Waals surface area contributed by atoms with Crippen molar-refractivity contribution in [3.63, 3.8) is 0 Å². The maximum atomic E-state index is 10.8. The number of fused-ring (bicyclic) bond motifs is 1. The third-order valence-electron chi connectivity index (χ3n) is 4.46. The molecule has 5 heteroatoms. The third-order valence-corrected chi connectivity index (χ3v) is 5.25. The number of hydrogen-bond donors (Lipinski definition) is 0. The summed E-state index contributed by atoms with van der Waals surface area (Å²) in [5, 5.41) is 0. The lowest BCUT2D eigenvalue weighted by Crippen LogP contribution is -2.28. The fraction of sp³-hybridized carbons (Fsp3) is 0.526. The molecule has 0 aliphatic carbocycles. The first kappa shape index (κ1) is 18.9. The van der Waals surface area contributed by atoms with E-state index >= 15 is 0 Å². The van der Waals surface area contributed by atoms with Crippen LogP contribution in [0.15, 0.2) is 36.4 Å². The van der Waals surface area contributed by atoms with E-state index in [0.29, 0.717) is 25.3 Å². The van der Waals surface area contributed by atoms with Gasteiger partial charge in [0.25, 0.3) is 0 Å². The topological polar surface area (TPSA) is 60.2 Å². The summed E-state index contributed by atoms with van der Waals surface area (Å²) in [5.74, 6) is 0.174. The van der Waals surface area contributed by atoms with E-state index < -0.39 is 10.1 Å². The molecule has 1 heterocycles. The molecule has 0 N–H and O–H groups in total. The molecule has 0 aromatic heterocycles. The van der Waals surface area contributed by atoms with Crippen LogP contribution in [0.3, 0.4) is 0 Å². The van der Waals surface area contributed by atoms with E-state index in [-0.39, 0.29) is 11.2 Å². The molecule has 0 spiro atoms. The van der Waals surface area contributed by atoms with Crippen molar-refractivity contribution in [1.29, 1.82) is 0 Å². The number of nitrogens with zero attached hydrogens (tertiary/aromatic N) is 1. The van der Waals surface area contributed by atoms with E-state index in [1.165, 1.54) is 17.0 Å². The largest absolute Gasteiger partial charge is 0.748 e. The number of rotatable bonds is 7. The van der Waals surface area contributed by atoms with Crippen molar-refractivity contribution in [2.75, 3.05) is 12.3 Å². The zero-order valence-corrected chi connectivity index (χ0v) is 15.8. The van der Waals surface area contributed by atoms with Gasteiger partial charge in [-0.2, -0.15) is 4.58 Å². The molecule has 0 radical (unpaired) electrons. The molecular weight excluding hydrogens is 322 g/mol. The molecule has 0 amide bonds. The van der Waals surface area contributed by atoms with Gasteiger partial charge < -0.3 is 4.55 Å². The first-order valence-corrected chi connectivity index (χ1v) is 10.1. The van der Waals surface area contributed by atoms with E-state index in [2.05, 4.69) is 62.6 Å². The van der Waals surface area contributed by atoms with Crippen LogP contribution in [0.1, 0.15) is 46.1 Å². The molecule has 1 aromatic carbocycles. The predicted molar refractivity (Wildman–Crippen MR) is 97.0 cm³/mol. The van der Waals surface area contributed by atoms with Crippen molar-refractivity contribution in [3.05, 3.63) is 42.0 Å². The lowest BCUT2D eigenvalue weighted by molar-refractivity contribution is -0.438. The molecule has 0 bridgehead atoms. The molecule has 1 aliphatic heterocycles. The molecule has 24 heavy (non-hydrogen) atoms. The maximum Gasteiger partial charge on any atom is 0.209 e. The lowest BCUT2D eigenvalue weighted by Gasteiger charge is -2.15. The van der Waals surface area contributed by atoms with Gasteiger partial charge in [-0.25, -0.2) is 8.42 Å². The molecular formula is C19H27NO3S. The highest BCUT2D eigenvalue weighted by Crippen LogP contribution is 2.39. The Kier molecular flexibility index (Phi) is 5.66. The first-order valence-electron chi connectivity index (χ1n) is 8.49. The third kappa shape index (κ3) is 4.33. The normalized spacial score (nSPS) is 17.1. The van der Waals surface area contributed by atoms with Gasteiger partial charge in [-0.1, -0.05) is 38.1 Å². The number of benzene rings is 1. The first-order chi connectivity index (χ1) is 11.1. The summed E-state index contributed by atoms with van der Waals surface area (Å²) >= 11 is 0. The molecule has 1 aromatic rings. The lowest BCUT2D eigenvalue weighted by atomic mass is 9.81. The van der Waals surface area contributed by atoms with Crippen LogP contribution in [0.4, 0.5) is 5.69 Å². The molecule has 2 rings (SSSR count). The van der Waals surface area contributed by atoms with Crippen LogP contribution in [-0.2, 0) is 15.5 Å². The fourth-order valence-corrected chi connectivity index (χ4v) is 3.77. The van der Waals surface area contributed by atoms with Crippen LogP contribution < -0.4 is 0 Å². The molecule has 0 atom stereocenters. The minimum atomic E-state index is -4.13. The Hall–Kier alpha value is -1.46. The average molecular weight is 349 g/mol. The number of para-hydroxylation sites is 1. The smallest absolute Gasteiger partial charge is 0.209 e. The monoisotopic (exact) mass is 349 g/mol. The molecule has 0 fully saturated rings. The summed E-state index contributed by atoms with van der Waals surface area (Å²) in [6.45, 7) is 9.45. The van der Waals surface area contributed by atoms with Crippen LogP contribution in [0, 0.1) is 5.92 Å². The van der Waals surface area contributed by atoms with Gasteiger partial charge in [0.15, 0.2) is 5.71 Å². The maximum absolute atomic E-state index is 10.8. The van der Waals surface area contributed by atoms with Crippen molar-refractivity contribution < 1.29 is 17.5 Å². The van der Waals surface area contributed by atoms with Crippen molar-refractivity contribution in [2.45, 2.75) is 46.0 Å². The van der Waals surface area contributed by atoms with Crippen LogP contribution >= 0.6 is 0 Å². The standard InChI is InChI=1S/C19H27NO3S/c1-15(2)11-12-18-19(3,4)16-9-5-6-10-17(16)20(18)13-7-8-14-24(21,22)23/h5-6,9-12,15H,7-8,13-14H2,1-4H3/b12-11+. The van der Waals surface area contributed by atoms with Crippen LogP contribution in [0.5, 0.6) is 0 Å². The van der Waals surface area contributed by atoms with E-state index in [1.54, 1.807) is 0 Å². The molecule has 0 unspecified atom stereocenters. The Morgan fingerprint density at radius 3 is 2.50 bits per heavy atom. The quantitative estimate of drug-likeness (QED) is 0.429. The highest BCUT2D eigenvalue weighted by molar-refractivity contribution is 7.85. The van der Waals surface area contributed by atoms with Crippen LogP contribution in [-0.4, -0.2) is 35.6 Å². The average Bonchev–Trinajstić information content (AvgIpc) is 2.68. The van der Waals surface area contributed by atoms with Crippen molar-refractivity contribution in [1.82, 2.24) is 0 Å². The molecule has 4 nitrogen and oxygen atoms in total. The second kappa shape index (κ2) is 7.19. The summed E-state index contributed by atoms with van der Waals surface area (Å²) in [4.78, 5) is 0. The van der Waals surface area contributed by atoms with E-state index in [4.69, 9.17) is 0 Å². The Balaban J connectivity index is 2.31. The van der Waals surface area contributed by atoms with Gasteiger partial charge in [-0.05, 0) is 26.2 Å². The van der Waals surface area contributed by atoms with Gasteiger partial charge in [0, 0.05) is 29.9 Å².